The molecule has 2 rings (SSSR count). The third-order valence-corrected chi connectivity index (χ3v) is 3.09. The van der Waals surface area contributed by atoms with Gasteiger partial charge in [0.25, 0.3) is 0 Å². The fourth-order valence-corrected chi connectivity index (χ4v) is 2.11. The maximum absolute atomic E-state index is 10.1. The van der Waals surface area contributed by atoms with E-state index in [-0.39, 0.29) is 0 Å². The molecule has 4 heteroatoms. The van der Waals surface area contributed by atoms with Gasteiger partial charge in [0, 0.05) is 18.3 Å². The van der Waals surface area contributed by atoms with E-state index in [2.05, 4.69) is 4.98 Å². The first-order chi connectivity index (χ1) is 9.72. The highest BCUT2D eigenvalue weighted by atomic mass is 16.5. The van der Waals surface area contributed by atoms with Gasteiger partial charge in [0.1, 0.15) is 0 Å². The summed E-state index contributed by atoms with van der Waals surface area (Å²) >= 11 is 0. The van der Waals surface area contributed by atoms with E-state index in [1.54, 1.807) is 20.4 Å². The van der Waals surface area contributed by atoms with Crippen molar-refractivity contribution in [3.63, 3.8) is 0 Å². The average Bonchev–Trinajstić information content (AvgIpc) is 2.48. The Balaban J connectivity index is 2.02. The number of aliphatic hydroxyl groups is 1. The van der Waals surface area contributed by atoms with Gasteiger partial charge in [0.2, 0.25) is 0 Å². The number of aliphatic hydroxyl groups excluding tert-OH is 1. The smallest absolute Gasteiger partial charge is 0.160 e. The van der Waals surface area contributed by atoms with Crippen LogP contribution in [0.25, 0.3) is 0 Å². The summed E-state index contributed by atoms with van der Waals surface area (Å²) in [5, 5.41) is 10.1. The third kappa shape index (κ3) is 3.71. The summed E-state index contributed by atoms with van der Waals surface area (Å²) in [6.45, 7) is 0. The number of methoxy groups -OCH3 is 2. The fraction of sp³-hybridized carbons (Fsp3) is 0.312. The van der Waals surface area contributed by atoms with Crippen LogP contribution >= 0.6 is 0 Å². The number of benzene rings is 1. The first-order valence-corrected chi connectivity index (χ1v) is 6.52. The lowest BCUT2D eigenvalue weighted by molar-refractivity contribution is 0.174. The molecule has 0 amide bonds. The van der Waals surface area contributed by atoms with Crippen LogP contribution in [-0.2, 0) is 12.8 Å². The second-order valence-corrected chi connectivity index (χ2v) is 4.57. The molecule has 1 aromatic carbocycles. The molecule has 0 saturated heterocycles. The van der Waals surface area contributed by atoms with E-state index in [1.807, 2.05) is 36.4 Å². The summed E-state index contributed by atoms with van der Waals surface area (Å²) in [6, 6.07) is 11.4. The summed E-state index contributed by atoms with van der Waals surface area (Å²) in [4.78, 5) is 4.22. The second-order valence-electron chi connectivity index (χ2n) is 4.57. The van der Waals surface area contributed by atoms with Gasteiger partial charge in [-0.1, -0.05) is 12.1 Å². The summed E-state index contributed by atoms with van der Waals surface area (Å²) in [5.74, 6) is 1.37. The lowest BCUT2D eigenvalue weighted by Crippen LogP contribution is -2.14. The molecule has 0 fully saturated rings. The Hall–Kier alpha value is -2.07. The van der Waals surface area contributed by atoms with Gasteiger partial charge in [-0.2, -0.15) is 0 Å². The number of hydrogen-bond acceptors (Lipinski definition) is 4. The predicted octanol–water partition coefficient (Wildman–Crippen LogP) is 2.24. The van der Waals surface area contributed by atoms with Gasteiger partial charge < -0.3 is 14.6 Å². The highest BCUT2D eigenvalue weighted by Crippen LogP contribution is 2.28. The Morgan fingerprint density at radius 1 is 1.05 bits per heavy atom. The summed E-state index contributed by atoms with van der Waals surface area (Å²) < 4.78 is 10.5. The highest BCUT2D eigenvalue weighted by Gasteiger charge is 2.10. The van der Waals surface area contributed by atoms with Crippen molar-refractivity contribution in [1.29, 1.82) is 0 Å². The SMILES string of the molecule is COc1ccc(CC(O)Cc2ccccn2)cc1OC. The Kier molecular flexibility index (Phi) is 4.96. The number of hydrogen-bond donors (Lipinski definition) is 1. The quantitative estimate of drug-likeness (QED) is 0.877. The van der Waals surface area contributed by atoms with E-state index in [9.17, 15) is 5.11 Å². The molecular formula is C16H19NO3. The maximum atomic E-state index is 10.1. The van der Waals surface area contributed by atoms with Crippen LogP contribution in [-0.4, -0.2) is 30.4 Å². The zero-order chi connectivity index (χ0) is 14.4. The van der Waals surface area contributed by atoms with Crippen molar-refractivity contribution in [2.24, 2.45) is 0 Å². The van der Waals surface area contributed by atoms with Crippen molar-refractivity contribution in [2.75, 3.05) is 14.2 Å². The lowest BCUT2D eigenvalue weighted by Gasteiger charge is -2.13. The molecule has 1 unspecified atom stereocenters. The van der Waals surface area contributed by atoms with Crippen molar-refractivity contribution in [2.45, 2.75) is 18.9 Å². The van der Waals surface area contributed by atoms with Crippen LogP contribution in [0.5, 0.6) is 11.5 Å². The lowest BCUT2D eigenvalue weighted by atomic mass is 10.0. The molecule has 1 heterocycles. The molecule has 20 heavy (non-hydrogen) atoms. The van der Waals surface area contributed by atoms with Crippen molar-refractivity contribution in [3.05, 3.63) is 53.9 Å². The first kappa shape index (κ1) is 14.3. The van der Waals surface area contributed by atoms with Crippen molar-refractivity contribution < 1.29 is 14.6 Å². The van der Waals surface area contributed by atoms with E-state index in [0.717, 1.165) is 11.3 Å². The topological polar surface area (TPSA) is 51.6 Å². The fourth-order valence-electron chi connectivity index (χ4n) is 2.11. The zero-order valence-electron chi connectivity index (χ0n) is 11.7. The first-order valence-electron chi connectivity index (χ1n) is 6.52. The van der Waals surface area contributed by atoms with Crippen LogP contribution in [0.2, 0.25) is 0 Å². The van der Waals surface area contributed by atoms with Crippen LogP contribution in [0.4, 0.5) is 0 Å². The summed E-state index contributed by atoms with van der Waals surface area (Å²) in [5.41, 5.74) is 1.89. The van der Waals surface area contributed by atoms with Gasteiger partial charge in [-0.15, -0.1) is 0 Å². The largest absolute Gasteiger partial charge is 0.493 e. The Bertz CT molecular complexity index is 543. The van der Waals surface area contributed by atoms with Crippen molar-refractivity contribution in [1.82, 2.24) is 4.98 Å². The van der Waals surface area contributed by atoms with Crippen molar-refractivity contribution in [3.8, 4) is 11.5 Å². The van der Waals surface area contributed by atoms with E-state index in [0.29, 0.717) is 24.3 Å². The summed E-state index contributed by atoms with van der Waals surface area (Å²) in [7, 11) is 3.21. The van der Waals surface area contributed by atoms with E-state index >= 15 is 0 Å². The molecule has 0 aliphatic rings. The maximum Gasteiger partial charge on any atom is 0.160 e. The molecule has 2 aromatic rings. The third-order valence-electron chi connectivity index (χ3n) is 3.09. The minimum atomic E-state index is -0.469. The molecule has 1 aromatic heterocycles. The molecule has 0 aliphatic carbocycles. The minimum absolute atomic E-state index is 0.469. The number of aromatic nitrogens is 1. The molecule has 4 nitrogen and oxygen atoms in total. The highest BCUT2D eigenvalue weighted by molar-refractivity contribution is 5.43. The normalized spacial score (nSPS) is 11.9. The zero-order valence-corrected chi connectivity index (χ0v) is 11.7. The summed E-state index contributed by atoms with van der Waals surface area (Å²) in [6.07, 6.45) is 2.35. The molecule has 0 saturated carbocycles. The molecule has 0 aliphatic heterocycles. The number of ether oxygens (including phenoxy) is 2. The van der Waals surface area contributed by atoms with Crippen LogP contribution in [0.1, 0.15) is 11.3 Å². The van der Waals surface area contributed by atoms with Crippen LogP contribution in [0, 0.1) is 0 Å². The van der Waals surface area contributed by atoms with Crippen LogP contribution in [0.3, 0.4) is 0 Å². The monoisotopic (exact) mass is 273 g/mol. The number of rotatable bonds is 6. The standard InChI is InChI=1S/C16H19NO3/c1-19-15-7-6-12(10-16(15)20-2)9-14(18)11-13-5-3-4-8-17-13/h3-8,10,14,18H,9,11H2,1-2H3. The van der Waals surface area contributed by atoms with E-state index < -0.39 is 6.10 Å². The Morgan fingerprint density at radius 2 is 1.85 bits per heavy atom. The van der Waals surface area contributed by atoms with E-state index in [4.69, 9.17) is 9.47 Å². The van der Waals surface area contributed by atoms with Crippen molar-refractivity contribution >= 4 is 0 Å². The number of nitrogens with zero attached hydrogens (tertiary/aromatic N) is 1. The van der Waals surface area contributed by atoms with E-state index in [1.165, 1.54) is 0 Å². The van der Waals surface area contributed by atoms with Gasteiger partial charge in [-0.3, -0.25) is 4.98 Å². The molecule has 1 atom stereocenters. The van der Waals surface area contributed by atoms with Gasteiger partial charge in [0.05, 0.1) is 20.3 Å². The van der Waals surface area contributed by atoms with Crippen LogP contribution < -0.4 is 9.47 Å². The van der Waals surface area contributed by atoms with Gasteiger partial charge >= 0.3 is 0 Å². The average molecular weight is 273 g/mol. The predicted molar refractivity (Wildman–Crippen MR) is 77.2 cm³/mol. The number of pyridine rings is 1. The van der Waals surface area contributed by atoms with Gasteiger partial charge in [-0.05, 0) is 36.2 Å². The molecule has 106 valence electrons. The molecule has 0 radical (unpaired) electrons. The minimum Gasteiger partial charge on any atom is -0.493 e. The Labute approximate surface area is 119 Å². The Morgan fingerprint density at radius 3 is 2.50 bits per heavy atom. The molecule has 0 spiro atoms. The van der Waals surface area contributed by atoms with Gasteiger partial charge in [0.15, 0.2) is 11.5 Å². The molecule has 0 bridgehead atoms. The van der Waals surface area contributed by atoms with Gasteiger partial charge in [-0.25, -0.2) is 0 Å². The molecule has 1 N–H and O–H groups in total. The van der Waals surface area contributed by atoms with Crippen LogP contribution in [0.15, 0.2) is 42.6 Å². The molecular weight excluding hydrogens is 254 g/mol. The second kappa shape index (κ2) is 6.91.